The first-order chi connectivity index (χ1) is 17.1. The summed E-state index contributed by atoms with van der Waals surface area (Å²) in [5.74, 6) is -1.39. The van der Waals surface area contributed by atoms with E-state index in [4.69, 9.17) is 0 Å². The van der Waals surface area contributed by atoms with Gasteiger partial charge in [-0.15, -0.1) is 0 Å². The molecular formula is C26H35N5O5. The van der Waals surface area contributed by atoms with Crippen LogP contribution in [0.4, 0.5) is 4.79 Å². The highest BCUT2D eigenvalue weighted by atomic mass is 16.2. The Hall–Kier alpha value is -3.43. The molecule has 1 aromatic rings. The summed E-state index contributed by atoms with van der Waals surface area (Å²) in [6.45, 7) is 0.952. The Morgan fingerprint density at radius 1 is 1.06 bits per heavy atom. The summed E-state index contributed by atoms with van der Waals surface area (Å²) in [6.07, 6.45) is 4.12. The van der Waals surface area contributed by atoms with Crippen LogP contribution < -0.4 is 5.32 Å². The number of urea groups is 1. The van der Waals surface area contributed by atoms with Crippen molar-refractivity contribution in [1.29, 1.82) is 0 Å². The van der Waals surface area contributed by atoms with Crippen molar-refractivity contribution in [3.8, 4) is 0 Å². The molecule has 2 saturated heterocycles. The second-order valence-corrected chi connectivity index (χ2v) is 10.3. The predicted octanol–water partition coefficient (Wildman–Crippen LogP) is 1.52. The second-order valence-electron chi connectivity index (χ2n) is 10.3. The third-order valence-electron chi connectivity index (χ3n) is 7.81. The number of carbonyl (C=O) groups is 5. The fourth-order valence-corrected chi connectivity index (χ4v) is 6.05. The van der Waals surface area contributed by atoms with Crippen LogP contribution in [0.5, 0.6) is 0 Å². The lowest BCUT2D eigenvalue weighted by atomic mass is 9.81. The molecule has 1 aliphatic carbocycles. The molecular weight excluding hydrogens is 462 g/mol. The van der Waals surface area contributed by atoms with Gasteiger partial charge in [-0.25, -0.2) is 4.79 Å². The minimum Gasteiger partial charge on any atom is -0.351 e. The van der Waals surface area contributed by atoms with Gasteiger partial charge in [0.2, 0.25) is 17.7 Å². The molecule has 1 aromatic carbocycles. The topological polar surface area (TPSA) is 110 Å². The first-order valence-electron chi connectivity index (χ1n) is 12.5. The summed E-state index contributed by atoms with van der Waals surface area (Å²) in [6, 6.07) is 6.76. The number of nitrogens with one attached hydrogen (secondary N) is 1. The standard InChI is InChI=1S/C26H35N5O5/c1-17(32)27-19-15-20(23(34)28(2)3)31(22(19)18-11-7-5-8-12-18)21(33)16-30-24(35)26(29(4)25(30)36)13-9-6-10-14-26/h5,7-8,11-12,19-20,22H,6,9-10,13-16H2,1-4H3,(H,27,32)/t19-,20-,22-/m0/s1. The molecule has 10 nitrogen and oxygen atoms in total. The zero-order valence-electron chi connectivity index (χ0n) is 21.4. The second kappa shape index (κ2) is 9.91. The number of rotatable bonds is 5. The molecule has 10 heteroatoms. The Balaban J connectivity index is 1.68. The van der Waals surface area contributed by atoms with E-state index in [0.717, 1.165) is 29.7 Å². The maximum absolute atomic E-state index is 13.9. The summed E-state index contributed by atoms with van der Waals surface area (Å²) in [4.78, 5) is 71.2. The fraction of sp³-hybridized carbons (Fsp3) is 0.577. The van der Waals surface area contributed by atoms with Crippen molar-refractivity contribution in [2.75, 3.05) is 27.7 Å². The number of likely N-dealkylation sites (N-methyl/N-ethyl adjacent to an activating group) is 2. The predicted molar refractivity (Wildman–Crippen MR) is 131 cm³/mol. The number of imide groups is 1. The molecule has 0 unspecified atom stereocenters. The van der Waals surface area contributed by atoms with Gasteiger partial charge in [0.05, 0.1) is 12.1 Å². The molecule has 36 heavy (non-hydrogen) atoms. The van der Waals surface area contributed by atoms with Crippen LogP contribution >= 0.6 is 0 Å². The quantitative estimate of drug-likeness (QED) is 0.621. The number of nitrogens with zero attached hydrogens (tertiary/aromatic N) is 4. The number of hydrogen-bond acceptors (Lipinski definition) is 5. The smallest absolute Gasteiger partial charge is 0.327 e. The Bertz CT molecular complexity index is 1050. The van der Waals surface area contributed by atoms with Crippen molar-refractivity contribution in [1.82, 2.24) is 24.9 Å². The highest BCUT2D eigenvalue weighted by molar-refractivity contribution is 6.09. The lowest BCUT2D eigenvalue weighted by Crippen LogP contribution is -2.52. The first kappa shape index (κ1) is 25.7. The van der Waals surface area contributed by atoms with Gasteiger partial charge in [0.15, 0.2) is 0 Å². The van der Waals surface area contributed by atoms with Crippen LogP contribution in [0.1, 0.15) is 57.1 Å². The SMILES string of the molecule is CC(=O)N[C@H]1C[C@@H](C(=O)N(C)C)N(C(=O)CN2C(=O)N(C)C3(CCCCC3)C2=O)[C@H]1c1ccccc1. The van der Waals surface area contributed by atoms with Gasteiger partial charge in [0.25, 0.3) is 5.91 Å². The van der Waals surface area contributed by atoms with E-state index in [1.807, 2.05) is 30.3 Å². The maximum Gasteiger partial charge on any atom is 0.327 e. The Morgan fingerprint density at radius 2 is 1.69 bits per heavy atom. The largest absolute Gasteiger partial charge is 0.351 e. The van der Waals surface area contributed by atoms with Gasteiger partial charge in [0.1, 0.15) is 18.1 Å². The average molecular weight is 498 g/mol. The van der Waals surface area contributed by atoms with Gasteiger partial charge < -0.3 is 20.0 Å². The van der Waals surface area contributed by atoms with Gasteiger partial charge in [-0.2, -0.15) is 0 Å². The number of benzene rings is 1. The summed E-state index contributed by atoms with van der Waals surface area (Å²) < 4.78 is 0. The summed E-state index contributed by atoms with van der Waals surface area (Å²) in [5.41, 5.74) is -0.129. The van der Waals surface area contributed by atoms with E-state index in [1.54, 1.807) is 21.1 Å². The molecule has 1 saturated carbocycles. The Kier molecular flexibility index (Phi) is 7.06. The van der Waals surface area contributed by atoms with Crippen molar-refractivity contribution in [3.63, 3.8) is 0 Å². The van der Waals surface area contributed by atoms with Crippen molar-refractivity contribution in [2.45, 2.75) is 69.1 Å². The molecule has 2 heterocycles. The lowest BCUT2D eigenvalue weighted by molar-refractivity contribution is -0.146. The lowest BCUT2D eigenvalue weighted by Gasteiger charge is -2.36. The van der Waals surface area contributed by atoms with E-state index in [0.29, 0.717) is 12.8 Å². The maximum atomic E-state index is 13.9. The summed E-state index contributed by atoms with van der Waals surface area (Å²) in [7, 11) is 4.86. The van der Waals surface area contributed by atoms with E-state index in [9.17, 15) is 24.0 Å². The number of carbonyl (C=O) groups excluding carboxylic acids is 5. The molecule has 2 aliphatic heterocycles. The monoisotopic (exact) mass is 497 g/mol. The van der Waals surface area contributed by atoms with Crippen LogP contribution in [0, 0.1) is 0 Å². The van der Waals surface area contributed by atoms with Crippen LogP contribution in [0.2, 0.25) is 0 Å². The molecule has 0 radical (unpaired) electrons. The molecule has 3 aliphatic rings. The highest BCUT2D eigenvalue weighted by Crippen LogP contribution is 2.41. The normalized spacial score (nSPS) is 25.4. The Labute approximate surface area is 211 Å². The van der Waals surface area contributed by atoms with Gasteiger partial charge >= 0.3 is 6.03 Å². The third-order valence-corrected chi connectivity index (χ3v) is 7.81. The molecule has 1 spiro atoms. The van der Waals surface area contributed by atoms with Gasteiger partial charge in [-0.05, 0) is 24.8 Å². The van der Waals surface area contributed by atoms with Crippen molar-refractivity contribution in [3.05, 3.63) is 35.9 Å². The van der Waals surface area contributed by atoms with Crippen molar-refractivity contribution < 1.29 is 24.0 Å². The van der Waals surface area contributed by atoms with Gasteiger partial charge in [0, 0.05) is 28.1 Å². The number of likely N-dealkylation sites (tertiary alicyclic amines) is 1. The van der Waals surface area contributed by atoms with Crippen LogP contribution in [-0.2, 0) is 19.2 Å². The minimum absolute atomic E-state index is 0.230. The Morgan fingerprint density at radius 3 is 2.28 bits per heavy atom. The zero-order valence-corrected chi connectivity index (χ0v) is 21.4. The molecule has 3 atom stereocenters. The van der Waals surface area contributed by atoms with Crippen LogP contribution in [0.3, 0.4) is 0 Å². The number of amides is 6. The first-order valence-corrected chi connectivity index (χ1v) is 12.5. The zero-order chi connectivity index (χ0) is 26.2. The van der Waals surface area contributed by atoms with Crippen LogP contribution in [0.25, 0.3) is 0 Å². The third kappa shape index (κ3) is 4.33. The molecule has 6 amide bonds. The number of hydrogen-bond donors (Lipinski definition) is 1. The van der Waals surface area contributed by atoms with Crippen molar-refractivity contribution in [2.24, 2.45) is 0 Å². The van der Waals surface area contributed by atoms with Crippen molar-refractivity contribution >= 4 is 29.7 Å². The average Bonchev–Trinajstić information content (AvgIpc) is 3.30. The van der Waals surface area contributed by atoms with E-state index in [2.05, 4.69) is 5.32 Å². The van der Waals surface area contributed by atoms with E-state index >= 15 is 0 Å². The van der Waals surface area contributed by atoms with Crippen LogP contribution in [-0.4, -0.2) is 94.6 Å². The van der Waals surface area contributed by atoms with Crippen LogP contribution in [0.15, 0.2) is 30.3 Å². The molecule has 0 aromatic heterocycles. The van der Waals surface area contributed by atoms with E-state index < -0.39 is 42.1 Å². The molecule has 194 valence electrons. The fourth-order valence-electron chi connectivity index (χ4n) is 6.05. The van der Waals surface area contributed by atoms with Gasteiger partial charge in [-0.1, -0.05) is 49.6 Å². The molecule has 3 fully saturated rings. The summed E-state index contributed by atoms with van der Waals surface area (Å²) in [5, 5.41) is 2.90. The van der Waals surface area contributed by atoms with E-state index in [-0.39, 0.29) is 24.1 Å². The molecule has 0 bridgehead atoms. The minimum atomic E-state index is -0.892. The molecule has 4 rings (SSSR count). The summed E-state index contributed by atoms with van der Waals surface area (Å²) >= 11 is 0. The van der Waals surface area contributed by atoms with Gasteiger partial charge in [-0.3, -0.25) is 24.1 Å². The molecule has 1 N–H and O–H groups in total. The highest BCUT2D eigenvalue weighted by Gasteiger charge is 2.57. The van der Waals surface area contributed by atoms with E-state index in [1.165, 1.54) is 21.6 Å².